The average Bonchev–Trinajstić information content (AvgIpc) is 3.36. The minimum absolute atomic E-state index is 0.140. The van der Waals surface area contributed by atoms with E-state index < -0.39 is 5.82 Å². The Labute approximate surface area is 216 Å². The Kier molecular flexibility index (Phi) is 8.35. The van der Waals surface area contributed by atoms with E-state index in [1.54, 1.807) is 13.2 Å². The number of nitrogens with one attached hydrogen (secondary N) is 2. The van der Waals surface area contributed by atoms with Gasteiger partial charge in [0.15, 0.2) is 5.13 Å². The summed E-state index contributed by atoms with van der Waals surface area (Å²) in [5, 5.41) is 7.82. The third-order valence-electron chi connectivity index (χ3n) is 5.26. The molecule has 3 aromatic carbocycles. The predicted molar refractivity (Wildman–Crippen MR) is 143 cm³/mol. The van der Waals surface area contributed by atoms with Crippen molar-refractivity contribution in [2.75, 3.05) is 17.7 Å². The van der Waals surface area contributed by atoms with Gasteiger partial charge in [0.25, 0.3) is 5.91 Å². The zero-order valence-electron chi connectivity index (χ0n) is 19.7. The Morgan fingerprint density at radius 1 is 1.06 bits per heavy atom. The number of benzene rings is 3. The van der Waals surface area contributed by atoms with Gasteiger partial charge in [-0.3, -0.25) is 9.59 Å². The lowest BCUT2D eigenvalue weighted by atomic mass is 10.2. The zero-order valence-corrected chi connectivity index (χ0v) is 21.3. The first kappa shape index (κ1) is 25.4. The molecular weight excluding hydrogens is 497 g/mol. The Morgan fingerprint density at radius 3 is 2.50 bits per heavy atom. The lowest BCUT2D eigenvalue weighted by molar-refractivity contribution is -0.115. The van der Waals surface area contributed by atoms with Gasteiger partial charge in [0, 0.05) is 27.1 Å². The smallest absolute Gasteiger partial charge is 0.255 e. The zero-order chi connectivity index (χ0) is 25.5. The predicted octanol–water partition coefficient (Wildman–Crippen LogP) is 6.72. The third-order valence-corrected chi connectivity index (χ3v) is 7.38. The van der Waals surface area contributed by atoms with E-state index in [1.165, 1.54) is 47.4 Å². The fourth-order valence-corrected chi connectivity index (χ4v) is 5.09. The van der Waals surface area contributed by atoms with Crippen molar-refractivity contribution in [3.63, 3.8) is 0 Å². The molecule has 9 heteroatoms. The van der Waals surface area contributed by atoms with Crippen LogP contribution in [0.2, 0.25) is 0 Å². The quantitative estimate of drug-likeness (QED) is 0.239. The number of anilines is 2. The van der Waals surface area contributed by atoms with E-state index in [-0.39, 0.29) is 17.1 Å². The molecule has 2 N–H and O–H groups in total. The minimum Gasteiger partial charge on any atom is -0.497 e. The molecule has 0 spiro atoms. The van der Waals surface area contributed by atoms with Crippen LogP contribution in [0, 0.1) is 5.82 Å². The number of ether oxygens (including phenoxy) is 1. The van der Waals surface area contributed by atoms with Crippen molar-refractivity contribution in [2.45, 2.75) is 23.5 Å². The number of thiazole rings is 1. The maximum atomic E-state index is 13.1. The van der Waals surface area contributed by atoms with Crippen LogP contribution in [0.5, 0.6) is 5.75 Å². The molecule has 36 heavy (non-hydrogen) atoms. The number of aromatic nitrogens is 1. The molecule has 2 amide bonds. The molecule has 4 aromatic rings. The van der Waals surface area contributed by atoms with Gasteiger partial charge < -0.3 is 15.4 Å². The number of hydrogen-bond donors (Lipinski definition) is 2. The van der Waals surface area contributed by atoms with Crippen molar-refractivity contribution < 1.29 is 18.7 Å². The van der Waals surface area contributed by atoms with Crippen LogP contribution in [0.15, 0.2) is 83.1 Å². The van der Waals surface area contributed by atoms with Gasteiger partial charge in [-0.2, -0.15) is 0 Å². The first-order valence-corrected chi connectivity index (χ1v) is 13.0. The van der Waals surface area contributed by atoms with Gasteiger partial charge in [-0.15, -0.1) is 23.1 Å². The standard InChI is InChI=1S/C27H24FN3O3S2/c1-3-24(26(33)31-27-30-23(16-35-27)17-9-13-21(34-2)14-10-17)36-22-6-4-5-20(15-22)29-25(32)18-7-11-19(28)12-8-18/h4-16,24H,3H2,1-2H3,(H,29,32)(H,30,31,33). The molecule has 0 saturated heterocycles. The van der Waals surface area contributed by atoms with Gasteiger partial charge in [-0.1, -0.05) is 13.0 Å². The van der Waals surface area contributed by atoms with Crippen molar-refractivity contribution in [1.29, 1.82) is 0 Å². The van der Waals surface area contributed by atoms with Crippen molar-refractivity contribution in [3.05, 3.63) is 89.6 Å². The van der Waals surface area contributed by atoms with Crippen LogP contribution in [0.25, 0.3) is 11.3 Å². The summed E-state index contributed by atoms with van der Waals surface area (Å²) in [6.07, 6.45) is 0.610. The summed E-state index contributed by atoms with van der Waals surface area (Å²) in [6.45, 7) is 1.95. The van der Waals surface area contributed by atoms with E-state index in [1.807, 2.05) is 54.8 Å². The monoisotopic (exact) mass is 521 g/mol. The molecule has 0 aliphatic rings. The van der Waals surface area contributed by atoms with Crippen molar-refractivity contribution in [3.8, 4) is 17.0 Å². The molecule has 6 nitrogen and oxygen atoms in total. The fraction of sp³-hybridized carbons (Fsp3) is 0.148. The molecular formula is C27H24FN3O3S2. The van der Waals surface area contributed by atoms with Gasteiger partial charge >= 0.3 is 0 Å². The lowest BCUT2D eigenvalue weighted by Gasteiger charge is -2.14. The maximum absolute atomic E-state index is 13.1. The highest BCUT2D eigenvalue weighted by atomic mass is 32.2. The number of thioether (sulfide) groups is 1. The highest BCUT2D eigenvalue weighted by Gasteiger charge is 2.20. The van der Waals surface area contributed by atoms with E-state index in [9.17, 15) is 14.0 Å². The number of rotatable bonds is 9. The molecule has 0 fully saturated rings. The van der Waals surface area contributed by atoms with E-state index in [0.29, 0.717) is 22.8 Å². The largest absolute Gasteiger partial charge is 0.497 e. The van der Waals surface area contributed by atoms with Crippen LogP contribution < -0.4 is 15.4 Å². The van der Waals surface area contributed by atoms with Gasteiger partial charge in [-0.05, 0) is 73.2 Å². The Bertz CT molecular complexity index is 1340. The third kappa shape index (κ3) is 6.50. The van der Waals surface area contributed by atoms with Gasteiger partial charge in [0.05, 0.1) is 18.1 Å². The van der Waals surface area contributed by atoms with Crippen LogP contribution in [0.4, 0.5) is 15.2 Å². The second-order valence-electron chi connectivity index (χ2n) is 7.76. The Balaban J connectivity index is 1.38. The molecule has 0 radical (unpaired) electrons. The second kappa shape index (κ2) is 11.8. The van der Waals surface area contributed by atoms with Crippen molar-refractivity contribution >= 4 is 45.7 Å². The average molecular weight is 522 g/mol. The number of methoxy groups -OCH3 is 1. The van der Waals surface area contributed by atoms with Gasteiger partial charge in [-0.25, -0.2) is 9.37 Å². The number of nitrogens with zero attached hydrogens (tertiary/aromatic N) is 1. The summed E-state index contributed by atoms with van der Waals surface area (Å²) in [5.41, 5.74) is 2.67. The van der Waals surface area contributed by atoms with E-state index >= 15 is 0 Å². The number of amides is 2. The van der Waals surface area contributed by atoms with Gasteiger partial charge in [0.2, 0.25) is 5.91 Å². The number of carbonyl (C=O) groups excluding carboxylic acids is 2. The highest BCUT2D eigenvalue weighted by Crippen LogP contribution is 2.30. The second-order valence-corrected chi connectivity index (χ2v) is 9.89. The molecule has 0 saturated carbocycles. The molecule has 0 aliphatic heterocycles. The lowest BCUT2D eigenvalue weighted by Crippen LogP contribution is -2.24. The van der Waals surface area contributed by atoms with Crippen LogP contribution in [0.3, 0.4) is 0 Å². The summed E-state index contributed by atoms with van der Waals surface area (Å²) in [4.78, 5) is 30.8. The SMILES string of the molecule is CCC(Sc1cccc(NC(=O)c2ccc(F)cc2)c1)C(=O)Nc1nc(-c2ccc(OC)cc2)cs1. The minimum atomic E-state index is -0.400. The Morgan fingerprint density at radius 2 is 1.81 bits per heavy atom. The van der Waals surface area contributed by atoms with Crippen LogP contribution in [0.1, 0.15) is 23.7 Å². The molecule has 1 heterocycles. The number of carbonyl (C=O) groups is 2. The molecule has 1 aromatic heterocycles. The van der Waals surface area contributed by atoms with Crippen molar-refractivity contribution in [2.24, 2.45) is 0 Å². The topological polar surface area (TPSA) is 80.3 Å². The summed E-state index contributed by atoms with van der Waals surface area (Å²) < 4.78 is 18.3. The maximum Gasteiger partial charge on any atom is 0.255 e. The van der Waals surface area contributed by atoms with Crippen molar-refractivity contribution in [1.82, 2.24) is 4.98 Å². The van der Waals surface area contributed by atoms with E-state index in [2.05, 4.69) is 15.6 Å². The highest BCUT2D eigenvalue weighted by molar-refractivity contribution is 8.00. The normalized spacial score (nSPS) is 11.5. The number of hydrogen-bond acceptors (Lipinski definition) is 6. The molecule has 4 rings (SSSR count). The molecule has 0 aliphatic carbocycles. The summed E-state index contributed by atoms with van der Waals surface area (Å²) in [7, 11) is 1.62. The first-order valence-electron chi connectivity index (χ1n) is 11.2. The molecule has 0 bridgehead atoms. The molecule has 184 valence electrons. The number of halogens is 1. The van der Waals surface area contributed by atoms with Crippen LogP contribution >= 0.6 is 23.1 Å². The fourth-order valence-electron chi connectivity index (χ4n) is 3.35. The van der Waals surface area contributed by atoms with Crippen LogP contribution in [-0.4, -0.2) is 29.2 Å². The van der Waals surface area contributed by atoms with E-state index in [0.717, 1.165) is 21.9 Å². The first-order chi connectivity index (χ1) is 17.4. The van der Waals surface area contributed by atoms with Crippen LogP contribution in [-0.2, 0) is 4.79 Å². The summed E-state index contributed by atoms with van der Waals surface area (Å²) in [5.74, 6) is -0.106. The molecule has 1 atom stereocenters. The Hall–Kier alpha value is -3.69. The van der Waals surface area contributed by atoms with E-state index in [4.69, 9.17) is 4.74 Å². The van der Waals surface area contributed by atoms with Gasteiger partial charge in [0.1, 0.15) is 11.6 Å². The summed E-state index contributed by atoms with van der Waals surface area (Å²) >= 11 is 2.78. The summed E-state index contributed by atoms with van der Waals surface area (Å²) in [6, 6.07) is 20.2. The molecule has 1 unspecified atom stereocenters.